The van der Waals surface area contributed by atoms with Gasteiger partial charge in [0.15, 0.2) is 0 Å². The van der Waals surface area contributed by atoms with Crippen LogP contribution < -0.4 is 10.5 Å². The fraction of sp³-hybridized carbons (Fsp3) is 0. The highest BCUT2D eigenvalue weighted by atomic mass is 16.7. The predicted octanol–water partition coefficient (Wildman–Crippen LogP) is 2.26. The van der Waals surface area contributed by atoms with Crippen molar-refractivity contribution in [1.29, 1.82) is 0 Å². The number of hydrogen-bond donors (Lipinski definition) is 3. The Balaban J connectivity index is 2.04. The second kappa shape index (κ2) is 4.54. The van der Waals surface area contributed by atoms with Crippen LogP contribution >= 0.6 is 0 Å². The summed E-state index contributed by atoms with van der Waals surface area (Å²) in [5, 5.41) is 9.41. The summed E-state index contributed by atoms with van der Waals surface area (Å²) in [6, 6.07) is 8.52. The first-order chi connectivity index (χ1) is 9.61. The molecule has 0 aliphatic rings. The number of hydrogen-bond acceptors (Lipinski definition) is 5. The number of nitrogen functional groups attached to an aromatic ring is 1. The van der Waals surface area contributed by atoms with Crippen molar-refractivity contribution in [2.75, 3.05) is 5.73 Å². The van der Waals surface area contributed by atoms with E-state index in [1.165, 1.54) is 0 Å². The molecule has 0 atom stereocenters. The third kappa shape index (κ3) is 2.24. The highest BCUT2D eigenvalue weighted by molar-refractivity contribution is 5.86. The van der Waals surface area contributed by atoms with Gasteiger partial charge in [0.05, 0.1) is 11.4 Å². The Morgan fingerprint density at radius 3 is 2.90 bits per heavy atom. The van der Waals surface area contributed by atoms with Crippen LogP contribution in [0.15, 0.2) is 36.5 Å². The average Bonchev–Trinajstić information content (AvgIpc) is 2.81. The van der Waals surface area contributed by atoms with E-state index in [0.29, 0.717) is 5.69 Å². The van der Waals surface area contributed by atoms with Crippen molar-refractivity contribution in [3.05, 3.63) is 36.5 Å². The zero-order valence-electron chi connectivity index (χ0n) is 10.2. The Morgan fingerprint density at radius 1 is 1.30 bits per heavy atom. The molecule has 100 valence electrons. The normalized spacial score (nSPS) is 10.6. The first-order valence-electron chi connectivity index (χ1n) is 5.74. The summed E-state index contributed by atoms with van der Waals surface area (Å²) in [5.74, 6) is 0.453. The Hall–Kier alpha value is -3.09. The molecule has 4 N–H and O–H groups in total. The number of aromatic nitrogens is 3. The summed E-state index contributed by atoms with van der Waals surface area (Å²) in [7, 11) is 0. The van der Waals surface area contributed by atoms with Crippen molar-refractivity contribution in [3.63, 3.8) is 0 Å². The molecule has 20 heavy (non-hydrogen) atoms. The van der Waals surface area contributed by atoms with Crippen LogP contribution in [0.1, 0.15) is 0 Å². The van der Waals surface area contributed by atoms with Crippen molar-refractivity contribution in [2.45, 2.75) is 0 Å². The molecule has 7 heteroatoms. The maximum Gasteiger partial charge on any atom is 0.511 e. The van der Waals surface area contributed by atoms with E-state index < -0.39 is 6.16 Å². The number of rotatable bonds is 2. The third-order valence-electron chi connectivity index (χ3n) is 2.75. The van der Waals surface area contributed by atoms with Gasteiger partial charge in [-0.2, -0.15) is 0 Å². The molecule has 0 aliphatic carbocycles. The van der Waals surface area contributed by atoms with E-state index in [9.17, 15) is 4.79 Å². The van der Waals surface area contributed by atoms with Crippen LogP contribution in [0.5, 0.6) is 5.75 Å². The van der Waals surface area contributed by atoms with Crippen molar-refractivity contribution >= 4 is 23.0 Å². The fourth-order valence-electron chi connectivity index (χ4n) is 1.94. The zero-order valence-corrected chi connectivity index (χ0v) is 10.2. The molecule has 3 rings (SSSR count). The van der Waals surface area contributed by atoms with Crippen LogP contribution in [0, 0.1) is 0 Å². The monoisotopic (exact) mass is 270 g/mol. The number of nitrogens with one attached hydrogen (secondary N) is 1. The molecular formula is C13H10N4O3. The Kier molecular flexibility index (Phi) is 2.72. The molecule has 0 amide bonds. The van der Waals surface area contributed by atoms with Crippen LogP contribution in [0.3, 0.4) is 0 Å². The first kappa shape index (κ1) is 12.0. The Morgan fingerprint density at radius 2 is 2.15 bits per heavy atom. The number of carboxylic acid groups (broad SMARTS) is 1. The van der Waals surface area contributed by atoms with Crippen molar-refractivity contribution < 1.29 is 14.6 Å². The lowest BCUT2D eigenvalue weighted by molar-refractivity contribution is 0.144. The van der Waals surface area contributed by atoms with Crippen LogP contribution in [-0.2, 0) is 0 Å². The van der Waals surface area contributed by atoms with Crippen LogP contribution in [0.25, 0.3) is 22.3 Å². The smallest absolute Gasteiger partial charge is 0.449 e. The van der Waals surface area contributed by atoms with Gasteiger partial charge in [-0.1, -0.05) is 0 Å². The second-order valence-electron chi connectivity index (χ2n) is 4.10. The number of fused-ring (bicyclic) bond motifs is 1. The zero-order chi connectivity index (χ0) is 14.1. The van der Waals surface area contributed by atoms with Crippen LogP contribution in [0.4, 0.5) is 10.7 Å². The Bertz CT molecular complexity index is 797. The fourth-order valence-corrected chi connectivity index (χ4v) is 1.94. The Labute approximate surface area is 113 Å². The van der Waals surface area contributed by atoms with Gasteiger partial charge in [-0.05, 0) is 30.3 Å². The van der Waals surface area contributed by atoms with Gasteiger partial charge in [-0.3, -0.25) is 0 Å². The molecule has 1 aromatic carbocycles. The lowest BCUT2D eigenvalue weighted by Gasteiger charge is -1.98. The molecule has 2 heterocycles. The van der Waals surface area contributed by atoms with E-state index in [4.69, 9.17) is 10.8 Å². The molecule has 0 unspecified atom stereocenters. The molecule has 3 aromatic rings. The number of anilines is 1. The molecule has 0 aliphatic heterocycles. The van der Waals surface area contributed by atoms with E-state index >= 15 is 0 Å². The number of nitrogens with zero attached hydrogens (tertiary/aromatic N) is 2. The largest absolute Gasteiger partial charge is 0.511 e. The third-order valence-corrected chi connectivity index (χ3v) is 2.75. The van der Waals surface area contributed by atoms with Gasteiger partial charge in [-0.25, -0.2) is 14.8 Å². The lowest BCUT2D eigenvalue weighted by Crippen LogP contribution is -2.02. The molecule has 0 saturated heterocycles. The molecule has 7 nitrogen and oxygen atoms in total. The second-order valence-corrected chi connectivity index (χ2v) is 4.10. The number of benzene rings is 1. The summed E-state index contributed by atoms with van der Waals surface area (Å²) in [6.07, 6.45) is 0.228. The highest BCUT2D eigenvalue weighted by Crippen LogP contribution is 2.26. The minimum absolute atomic E-state index is 0.191. The topological polar surface area (TPSA) is 114 Å². The maximum atomic E-state index is 10.5. The van der Waals surface area contributed by atoms with E-state index in [0.717, 1.165) is 16.6 Å². The van der Waals surface area contributed by atoms with Crippen molar-refractivity contribution in [1.82, 2.24) is 15.0 Å². The van der Waals surface area contributed by atoms with Gasteiger partial charge in [-0.15, -0.1) is 0 Å². The summed E-state index contributed by atoms with van der Waals surface area (Å²) in [6.45, 7) is 0. The number of nitrogens with two attached hydrogens (primary N) is 1. The number of ether oxygens (including phenoxy) is 1. The molecule has 0 radical (unpaired) electrons. The first-order valence-corrected chi connectivity index (χ1v) is 5.74. The number of H-pyrrole nitrogens is 1. The number of carbonyl (C=O) groups is 1. The predicted molar refractivity (Wildman–Crippen MR) is 72.4 cm³/mol. The minimum atomic E-state index is -1.34. The van der Waals surface area contributed by atoms with Gasteiger partial charge in [0.2, 0.25) is 5.95 Å². The van der Waals surface area contributed by atoms with Crippen LogP contribution in [0.2, 0.25) is 0 Å². The molecule has 0 fully saturated rings. The summed E-state index contributed by atoms with van der Waals surface area (Å²) in [4.78, 5) is 21.6. The van der Waals surface area contributed by atoms with E-state index in [2.05, 4.69) is 19.7 Å². The maximum absolute atomic E-state index is 10.5. The quantitative estimate of drug-likeness (QED) is 0.486. The van der Waals surface area contributed by atoms with Crippen LogP contribution in [-0.4, -0.2) is 26.2 Å². The van der Waals surface area contributed by atoms with E-state index in [-0.39, 0.29) is 11.7 Å². The molecule has 2 aromatic heterocycles. The summed E-state index contributed by atoms with van der Waals surface area (Å²) >= 11 is 0. The average molecular weight is 270 g/mol. The molecule has 0 saturated carbocycles. The molecule has 0 spiro atoms. The lowest BCUT2D eigenvalue weighted by atomic mass is 10.2. The van der Waals surface area contributed by atoms with E-state index in [1.807, 2.05) is 6.07 Å². The van der Waals surface area contributed by atoms with E-state index in [1.54, 1.807) is 30.5 Å². The summed E-state index contributed by atoms with van der Waals surface area (Å²) in [5.41, 5.74) is 7.82. The minimum Gasteiger partial charge on any atom is -0.449 e. The number of aromatic amines is 1. The highest BCUT2D eigenvalue weighted by Gasteiger charge is 2.07. The van der Waals surface area contributed by atoms with Gasteiger partial charge in [0.1, 0.15) is 5.75 Å². The molecule has 0 bridgehead atoms. The van der Waals surface area contributed by atoms with Gasteiger partial charge in [0, 0.05) is 17.1 Å². The summed E-state index contributed by atoms with van der Waals surface area (Å²) < 4.78 is 4.61. The van der Waals surface area contributed by atoms with Gasteiger partial charge in [0.25, 0.3) is 0 Å². The standard InChI is InChI=1S/C13H10N4O3/c14-12-15-4-3-10(17-12)11-6-7-5-8(20-13(18)19)1-2-9(7)16-11/h1-6,16H,(H,18,19)(H2,14,15,17). The van der Waals surface area contributed by atoms with Gasteiger partial charge < -0.3 is 20.6 Å². The van der Waals surface area contributed by atoms with Crippen molar-refractivity contribution in [3.8, 4) is 17.1 Å². The van der Waals surface area contributed by atoms with Crippen molar-refractivity contribution in [2.24, 2.45) is 0 Å². The van der Waals surface area contributed by atoms with Gasteiger partial charge >= 0.3 is 6.16 Å². The SMILES string of the molecule is Nc1nccc(-c2cc3cc(OC(=O)O)ccc3[nH]2)n1. The molecular weight excluding hydrogens is 260 g/mol.